The summed E-state index contributed by atoms with van der Waals surface area (Å²) in [4.78, 5) is 3.16. The maximum atomic E-state index is 11.5. The molecule has 0 amide bonds. The van der Waals surface area contributed by atoms with E-state index >= 15 is 0 Å². The largest absolute Gasteiger partial charge is 0.334 e. The number of thioether (sulfide) groups is 1. The van der Waals surface area contributed by atoms with Crippen molar-refractivity contribution >= 4 is 86.9 Å². The Bertz CT molecular complexity index is 2050. The lowest BCUT2D eigenvalue weighted by molar-refractivity contribution is -0.667. The summed E-state index contributed by atoms with van der Waals surface area (Å²) in [7, 11) is -8.21. The Hall–Kier alpha value is -3.00. The zero-order chi connectivity index (χ0) is 28.8. The van der Waals surface area contributed by atoms with Gasteiger partial charge in [-0.15, -0.1) is 0 Å². The average Bonchev–Trinajstić information content (AvgIpc) is 3.45. The molecule has 41 heavy (non-hydrogen) atoms. The van der Waals surface area contributed by atoms with E-state index in [1.54, 1.807) is 23.1 Å². The first kappa shape index (κ1) is 28.1. The van der Waals surface area contributed by atoms with Gasteiger partial charge in [0.2, 0.25) is 5.52 Å². The summed E-state index contributed by atoms with van der Waals surface area (Å²) in [5.74, 6) is -0.682. The van der Waals surface area contributed by atoms with Gasteiger partial charge in [0.15, 0.2) is 6.54 Å². The van der Waals surface area contributed by atoms with Gasteiger partial charge in [-0.2, -0.15) is 21.4 Å². The normalized spacial score (nSPS) is 15.0. The van der Waals surface area contributed by atoms with E-state index in [4.69, 9.17) is 0 Å². The first-order chi connectivity index (χ1) is 19.6. The number of hydrogen-bond acceptors (Lipinski definition) is 7. The van der Waals surface area contributed by atoms with E-state index in [1.807, 2.05) is 36.4 Å². The van der Waals surface area contributed by atoms with E-state index in [1.165, 1.54) is 0 Å². The lowest BCUT2D eigenvalue weighted by Gasteiger charge is -2.21. The zero-order valence-corrected chi connectivity index (χ0v) is 25.1. The van der Waals surface area contributed by atoms with Gasteiger partial charge in [-0.05, 0) is 35.4 Å². The Kier molecular flexibility index (Phi) is 7.55. The van der Waals surface area contributed by atoms with Crippen LogP contribution >= 0.6 is 23.1 Å². The predicted molar refractivity (Wildman–Crippen MR) is 167 cm³/mol. The van der Waals surface area contributed by atoms with Crippen molar-refractivity contribution in [1.29, 1.82) is 0 Å². The van der Waals surface area contributed by atoms with Gasteiger partial charge < -0.3 is 4.90 Å². The van der Waals surface area contributed by atoms with E-state index < -0.39 is 20.2 Å². The van der Waals surface area contributed by atoms with Crippen LogP contribution in [0.4, 0.5) is 5.69 Å². The highest BCUT2D eigenvalue weighted by Gasteiger charge is 2.30. The van der Waals surface area contributed by atoms with Crippen molar-refractivity contribution in [3.05, 3.63) is 82.8 Å². The third-order valence-corrected chi connectivity index (χ3v) is 10.8. The molecule has 0 fully saturated rings. The fraction of sp³-hybridized carbons (Fsp3) is 0.207. The molecule has 4 aromatic carbocycles. The van der Waals surface area contributed by atoms with Crippen LogP contribution in [0.3, 0.4) is 0 Å². The molecule has 5 aromatic rings. The number of fused-ring (bicyclic) bond motifs is 6. The number of nitrogens with zero attached hydrogens (tertiary/aromatic N) is 2. The lowest BCUT2D eigenvalue weighted by Crippen LogP contribution is -2.36. The molecule has 1 aliphatic rings. The minimum atomic E-state index is -4.10. The molecule has 12 heteroatoms. The van der Waals surface area contributed by atoms with Crippen LogP contribution in [-0.2, 0) is 26.8 Å². The molecule has 2 heterocycles. The number of aromatic nitrogens is 1. The van der Waals surface area contributed by atoms with Crippen LogP contribution in [0.15, 0.2) is 82.7 Å². The average molecular weight is 628 g/mol. The molecule has 212 valence electrons. The quantitative estimate of drug-likeness (QED) is 0.152. The van der Waals surface area contributed by atoms with Crippen LogP contribution in [0, 0.1) is 0 Å². The molecular weight excluding hydrogens is 601 g/mol. The van der Waals surface area contributed by atoms with Crippen molar-refractivity contribution in [2.45, 2.75) is 24.3 Å². The number of benzene rings is 4. The van der Waals surface area contributed by atoms with Gasteiger partial charge in [-0.25, -0.2) is 0 Å². The van der Waals surface area contributed by atoms with Crippen LogP contribution in [-0.4, -0.2) is 44.0 Å². The van der Waals surface area contributed by atoms with Crippen molar-refractivity contribution in [2.24, 2.45) is 0 Å². The molecule has 0 aliphatic carbocycles. The Labute approximate surface area is 246 Å². The van der Waals surface area contributed by atoms with Gasteiger partial charge in [0.05, 0.1) is 33.7 Å². The predicted octanol–water partition coefficient (Wildman–Crippen LogP) is 5.96. The minimum absolute atomic E-state index is 0.241. The molecule has 6 rings (SSSR count). The molecule has 0 saturated heterocycles. The van der Waals surface area contributed by atoms with E-state index in [2.05, 4.69) is 51.9 Å². The molecule has 0 bridgehead atoms. The third-order valence-electron chi connectivity index (χ3n) is 7.04. The fourth-order valence-corrected chi connectivity index (χ4v) is 8.67. The topological polar surface area (TPSA) is 116 Å². The van der Waals surface area contributed by atoms with Crippen molar-refractivity contribution in [2.75, 3.05) is 23.0 Å². The summed E-state index contributed by atoms with van der Waals surface area (Å²) in [5.41, 5.74) is 2.00. The monoisotopic (exact) mass is 627 g/mol. The Morgan fingerprint density at radius 1 is 0.780 bits per heavy atom. The zero-order valence-electron chi connectivity index (χ0n) is 21.8. The summed E-state index contributed by atoms with van der Waals surface area (Å²) < 4.78 is 68.0. The molecule has 1 aliphatic heterocycles. The highest BCUT2D eigenvalue weighted by atomic mass is 32.2. The van der Waals surface area contributed by atoms with Crippen LogP contribution in [0.25, 0.3) is 37.8 Å². The molecule has 0 radical (unpaired) electrons. The van der Waals surface area contributed by atoms with E-state index in [0.717, 1.165) is 52.4 Å². The SMILES string of the molecule is O=S(=O)(O)CCCN1/C(=C/c2sc3ccc4ccccc4c3[n+]2CCCS(=O)(=O)O)Sc2ccc3ccccc3c21. The summed E-state index contributed by atoms with van der Waals surface area (Å²) >= 11 is 3.19. The van der Waals surface area contributed by atoms with Crippen molar-refractivity contribution < 1.29 is 30.5 Å². The fourth-order valence-electron chi connectivity index (χ4n) is 5.32. The summed E-state index contributed by atoms with van der Waals surface area (Å²) in [5, 5.41) is 6.06. The van der Waals surface area contributed by atoms with Crippen molar-refractivity contribution in [3.63, 3.8) is 0 Å². The Morgan fingerprint density at radius 3 is 2.15 bits per heavy atom. The molecule has 2 N–H and O–H groups in total. The maximum absolute atomic E-state index is 11.5. The molecule has 0 atom stereocenters. The third kappa shape index (κ3) is 5.99. The number of hydrogen-bond donors (Lipinski definition) is 2. The van der Waals surface area contributed by atoms with Gasteiger partial charge in [0, 0.05) is 23.2 Å². The van der Waals surface area contributed by atoms with Gasteiger partial charge in [-0.1, -0.05) is 77.7 Å². The van der Waals surface area contributed by atoms with Crippen LogP contribution in [0.5, 0.6) is 0 Å². The highest BCUT2D eigenvalue weighted by Crippen LogP contribution is 2.50. The molecule has 0 unspecified atom stereocenters. The van der Waals surface area contributed by atoms with Crippen molar-refractivity contribution in [3.8, 4) is 0 Å². The second kappa shape index (κ2) is 11.0. The smallest absolute Gasteiger partial charge is 0.265 e. The number of anilines is 1. The van der Waals surface area contributed by atoms with Gasteiger partial charge in [-0.3, -0.25) is 9.11 Å². The van der Waals surface area contributed by atoms with E-state index in [9.17, 15) is 25.9 Å². The van der Waals surface area contributed by atoms with Gasteiger partial charge in [0.1, 0.15) is 4.70 Å². The van der Waals surface area contributed by atoms with Gasteiger partial charge >= 0.3 is 0 Å². The minimum Gasteiger partial charge on any atom is -0.334 e. The Morgan fingerprint density at radius 2 is 1.41 bits per heavy atom. The maximum Gasteiger partial charge on any atom is 0.265 e. The molecule has 0 saturated carbocycles. The molecule has 0 spiro atoms. The van der Waals surface area contributed by atoms with E-state index in [-0.39, 0.29) is 24.3 Å². The van der Waals surface area contributed by atoms with Crippen LogP contribution in [0.2, 0.25) is 0 Å². The van der Waals surface area contributed by atoms with Gasteiger partial charge in [0.25, 0.3) is 25.2 Å². The van der Waals surface area contributed by atoms with E-state index in [0.29, 0.717) is 13.1 Å². The number of thiazole rings is 1. The van der Waals surface area contributed by atoms with Crippen LogP contribution < -0.4 is 9.47 Å². The number of aryl methyl sites for hydroxylation is 1. The molecule has 8 nitrogen and oxygen atoms in total. The second-order valence-electron chi connectivity index (χ2n) is 9.87. The van der Waals surface area contributed by atoms with Crippen molar-refractivity contribution in [1.82, 2.24) is 0 Å². The summed E-state index contributed by atoms with van der Waals surface area (Å²) in [6.45, 7) is 0.770. The summed E-state index contributed by atoms with van der Waals surface area (Å²) in [6.07, 6.45) is 2.55. The Balaban J connectivity index is 1.49. The molecular formula is C29H27N2O6S4+. The number of rotatable bonds is 9. The summed E-state index contributed by atoms with van der Waals surface area (Å²) in [6, 6.07) is 24.4. The van der Waals surface area contributed by atoms with Crippen LogP contribution in [0.1, 0.15) is 17.8 Å². The second-order valence-corrected chi connectivity index (χ2v) is 15.1. The molecule has 1 aromatic heterocycles. The lowest BCUT2D eigenvalue weighted by atomic mass is 10.1. The standard InChI is InChI=1S/C29H26N2O6S4/c32-40(33,34)17-5-15-30-26(38-24-13-11-20-7-1-3-9-22(20)28(24)30)19-27-31(16-6-18-41(35,36)37)29-23-10-4-2-8-21(23)12-14-25(29)39-27/h1-4,7-14,19H,5-6,15-18H2,(H-,32,33,34,35,36,37)/p+1. The first-order valence-electron chi connectivity index (χ1n) is 13.0. The highest BCUT2D eigenvalue weighted by molar-refractivity contribution is 8.04. The first-order valence-corrected chi connectivity index (χ1v) is 17.9.